The summed E-state index contributed by atoms with van der Waals surface area (Å²) in [5, 5.41) is 0. The zero-order chi connectivity index (χ0) is 17.7. The van der Waals surface area contributed by atoms with Crippen molar-refractivity contribution in [3.8, 4) is 0 Å². The van der Waals surface area contributed by atoms with E-state index in [0.29, 0.717) is 0 Å². The highest BCUT2D eigenvalue weighted by atomic mass is 14.8. The Morgan fingerprint density at radius 3 is 1.52 bits per heavy atom. The molecule has 0 saturated carbocycles. The van der Waals surface area contributed by atoms with E-state index in [4.69, 9.17) is 9.97 Å². The second-order valence-electron chi connectivity index (χ2n) is 7.95. The molecule has 0 fully saturated rings. The van der Waals surface area contributed by atoms with Crippen LogP contribution in [0.5, 0.6) is 0 Å². The van der Waals surface area contributed by atoms with Gasteiger partial charge in [-0.1, -0.05) is 55.0 Å². The Hall–Kier alpha value is -2.48. The minimum absolute atomic E-state index is 0. The quantitative estimate of drug-likeness (QED) is 0.585. The van der Waals surface area contributed by atoms with Crippen molar-refractivity contribution in [3.63, 3.8) is 0 Å². The maximum absolute atomic E-state index is 5.17. The van der Waals surface area contributed by atoms with E-state index in [1.807, 2.05) is 0 Å². The zero-order valence-electron chi connectivity index (χ0n) is 15.6. The van der Waals surface area contributed by atoms with Crippen LogP contribution in [0.4, 0.5) is 0 Å². The second kappa shape index (κ2) is 6.92. The number of aryl methyl sites for hydroxylation is 2. The van der Waals surface area contributed by atoms with Gasteiger partial charge in [0.05, 0.1) is 22.4 Å². The lowest BCUT2D eigenvalue weighted by Gasteiger charge is -2.18. The van der Waals surface area contributed by atoms with Crippen LogP contribution in [0.25, 0.3) is 22.2 Å². The molecule has 2 nitrogen and oxygen atoms in total. The third kappa shape index (κ3) is 3.07. The number of nitrogens with zero attached hydrogens (tertiary/aromatic N) is 2. The third-order valence-electron chi connectivity index (χ3n) is 5.82. The highest BCUT2D eigenvalue weighted by Gasteiger charge is 2.21. The molecule has 0 atom stereocenters. The van der Waals surface area contributed by atoms with Crippen LogP contribution < -0.4 is 0 Å². The van der Waals surface area contributed by atoms with Gasteiger partial charge in [-0.3, -0.25) is 0 Å². The molecule has 0 saturated heterocycles. The molecule has 3 aliphatic rings. The summed E-state index contributed by atoms with van der Waals surface area (Å²) >= 11 is 0. The summed E-state index contributed by atoms with van der Waals surface area (Å²) in [6, 6.07) is 4.54. The molecule has 0 unspecified atom stereocenters. The smallest absolute Gasteiger partial charge is 0.0971 e. The van der Waals surface area contributed by atoms with Crippen molar-refractivity contribution in [1.29, 1.82) is 0 Å². The molecule has 0 spiro atoms. The van der Waals surface area contributed by atoms with Crippen molar-refractivity contribution < 1.29 is 1.43 Å². The third-order valence-corrected chi connectivity index (χ3v) is 5.82. The van der Waals surface area contributed by atoms with Crippen molar-refractivity contribution >= 4 is 22.2 Å². The Morgan fingerprint density at radius 1 is 0.704 bits per heavy atom. The van der Waals surface area contributed by atoms with Gasteiger partial charge in [0.25, 0.3) is 0 Å². The van der Waals surface area contributed by atoms with E-state index in [1.165, 1.54) is 57.6 Å². The standard InChI is InChI=1S/C24H24N2.CH4.H2/c1-15-7-9-17(13-15)19-11-12-20(18-10-8-16(2)14-18)24-23(19)25-21-5-3-4-6-22(21)26-24;;/h7-12H,3-6,13-14H2,1-2H3;1H4;1H/i;;1+1. The average Bonchev–Trinajstić information content (AvgIpc) is 3.27. The fourth-order valence-corrected chi connectivity index (χ4v) is 4.40. The second-order valence-corrected chi connectivity index (χ2v) is 7.95. The molecule has 0 bridgehead atoms. The lowest BCUT2D eigenvalue weighted by Crippen LogP contribution is -2.10. The largest absolute Gasteiger partial charge is 0.249 e. The van der Waals surface area contributed by atoms with Gasteiger partial charge in [-0.05, 0) is 63.5 Å². The Labute approximate surface area is 163 Å². The SMILES string of the molecule is C.CC1=CC=C(c2ccc(C3=CC=C(C)C3)c3nc4c(nc23)CCCC4)C1.[2HH]. The summed E-state index contributed by atoms with van der Waals surface area (Å²) < 4.78 is 0. The predicted octanol–water partition coefficient (Wildman–Crippen LogP) is 6.86. The Morgan fingerprint density at radius 2 is 1.15 bits per heavy atom. The van der Waals surface area contributed by atoms with Crippen LogP contribution in [0.2, 0.25) is 0 Å². The molecule has 3 aliphatic carbocycles. The first-order valence-electron chi connectivity index (χ1n) is 9.75. The molecular formula is C25H30N2. The van der Waals surface area contributed by atoms with Gasteiger partial charge in [-0.25, -0.2) is 9.97 Å². The van der Waals surface area contributed by atoms with E-state index in [0.717, 1.165) is 36.7 Å². The van der Waals surface area contributed by atoms with Gasteiger partial charge in [0.15, 0.2) is 0 Å². The van der Waals surface area contributed by atoms with Crippen LogP contribution >= 0.6 is 0 Å². The number of benzene rings is 1. The number of hydrogen-bond acceptors (Lipinski definition) is 2. The normalized spacial score (nSPS) is 18.4. The van der Waals surface area contributed by atoms with Crippen LogP contribution in [0.3, 0.4) is 0 Å². The number of aromatic nitrogens is 2. The van der Waals surface area contributed by atoms with E-state index in [9.17, 15) is 0 Å². The van der Waals surface area contributed by atoms with E-state index < -0.39 is 0 Å². The summed E-state index contributed by atoms with van der Waals surface area (Å²) in [4.78, 5) is 10.3. The predicted molar refractivity (Wildman–Crippen MR) is 118 cm³/mol. The molecule has 5 rings (SSSR count). The molecular weight excluding hydrogens is 328 g/mol. The van der Waals surface area contributed by atoms with Gasteiger partial charge >= 0.3 is 0 Å². The van der Waals surface area contributed by atoms with E-state index >= 15 is 0 Å². The molecule has 0 radical (unpaired) electrons. The van der Waals surface area contributed by atoms with Crippen molar-refractivity contribution in [3.05, 3.63) is 70.1 Å². The molecule has 0 amide bonds. The summed E-state index contributed by atoms with van der Waals surface area (Å²) in [6.07, 6.45) is 15.6. The highest BCUT2D eigenvalue weighted by Crippen LogP contribution is 2.38. The van der Waals surface area contributed by atoms with Gasteiger partial charge < -0.3 is 0 Å². The van der Waals surface area contributed by atoms with Gasteiger partial charge in [0.2, 0.25) is 0 Å². The average molecular weight is 360 g/mol. The van der Waals surface area contributed by atoms with Crippen LogP contribution in [-0.2, 0) is 12.8 Å². The Kier molecular flexibility index (Phi) is 4.59. The molecule has 1 aromatic heterocycles. The van der Waals surface area contributed by atoms with Crippen LogP contribution in [0, 0.1) is 0 Å². The maximum atomic E-state index is 5.17. The van der Waals surface area contributed by atoms with Crippen LogP contribution in [-0.4, -0.2) is 9.97 Å². The summed E-state index contributed by atoms with van der Waals surface area (Å²) in [5.41, 5.74) is 12.8. The van der Waals surface area contributed by atoms with Crippen molar-refractivity contribution in [2.24, 2.45) is 0 Å². The number of fused-ring (bicyclic) bond motifs is 2. The van der Waals surface area contributed by atoms with E-state index in [2.05, 4.69) is 50.3 Å². The first-order chi connectivity index (χ1) is 12.7. The summed E-state index contributed by atoms with van der Waals surface area (Å²) in [7, 11) is 0. The molecule has 1 aromatic carbocycles. The molecule has 1 heterocycles. The lowest BCUT2D eigenvalue weighted by atomic mass is 9.93. The van der Waals surface area contributed by atoms with Gasteiger partial charge in [-0.2, -0.15) is 0 Å². The zero-order valence-corrected chi connectivity index (χ0v) is 15.6. The van der Waals surface area contributed by atoms with E-state index in [-0.39, 0.29) is 8.85 Å². The first kappa shape index (κ1) is 17.9. The van der Waals surface area contributed by atoms with Gasteiger partial charge in [-0.15, -0.1) is 0 Å². The van der Waals surface area contributed by atoms with Gasteiger partial charge in [0.1, 0.15) is 0 Å². The number of rotatable bonds is 2. The van der Waals surface area contributed by atoms with Gasteiger partial charge in [0, 0.05) is 12.6 Å². The Balaban J connectivity index is 0.00000112. The van der Waals surface area contributed by atoms with Crippen molar-refractivity contribution in [2.75, 3.05) is 0 Å². The monoisotopic (exact) mass is 359 g/mol. The molecule has 2 heteroatoms. The highest BCUT2D eigenvalue weighted by molar-refractivity contribution is 5.98. The van der Waals surface area contributed by atoms with Crippen LogP contribution in [0.15, 0.2) is 47.6 Å². The molecule has 2 aromatic rings. The number of hydrogen-bond donors (Lipinski definition) is 0. The fourth-order valence-electron chi connectivity index (χ4n) is 4.40. The van der Waals surface area contributed by atoms with Crippen molar-refractivity contribution in [1.82, 2.24) is 9.97 Å². The lowest BCUT2D eigenvalue weighted by molar-refractivity contribution is 0.655. The fraction of sp³-hybridized carbons (Fsp3) is 0.360. The van der Waals surface area contributed by atoms with E-state index in [1.54, 1.807) is 0 Å². The Bertz CT molecular complexity index is 969. The molecule has 0 aliphatic heterocycles. The minimum Gasteiger partial charge on any atom is -0.249 e. The first-order valence-corrected chi connectivity index (χ1v) is 9.75. The minimum atomic E-state index is 0. The van der Waals surface area contributed by atoms with Crippen molar-refractivity contribution in [2.45, 2.75) is 59.8 Å². The molecule has 140 valence electrons. The summed E-state index contributed by atoms with van der Waals surface area (Å²) in [5.74, 6) is 0. The molecule has 0 N–H and O–H groups in total. The topological polar surface area (TPSA) is 25.8 Å². The molecule has 27 heavy (non-hydrogen) atoms. The van der Waals surface area contributed by atoms with Crippen LogP contribution in [0.1, 0.15) is 70.9 Å². The number of allylic oxidation sites excluding steroid dienone is 8. The maximum Gasteiger partial charge on any atom is 0.0971 e. The summed E-state index contributed by atoms with van der Waals surface area (Å²) in [6.45, 7) is 4.40.